The van der Waals surface area contributed by atoms with Crippen LogP contribution >= 0.6 is 0 Å². The summed E-state index contributed by atoms with van der Waals surface area (Å²) in [4.78, 5) is 4.76. The Morgan fingerprint density at radius 1 is 0.385 bits per heavy atom. The van der Waals surface area contributed by atoms with E-state index in [0.29, 0.717) is 5.92 Å². The highest BCUT2D eigenvalue weighted by Crippen LogP contribution is 2.46. The lowest BCUT2D eigenvalue weighted by atomic mass is 9.80. The number of rotatable bonds is 5. The quantitative estimate of drug-likeness (QED) is 0.167. The molecule has 0 saturated heterocycles. The number of nitrogens with zero attached hydrogens (tertiary/aromatic N) is 1. The Hall–Kier alpha value is -6.05. The monoisotopic (exact) mass is 665 g/mol. The van der Waals surface area contributed by atoms with Crippen LogP contribution in [-0.2, 0) is 0 Å². The molecule has 0 amide bonds. The average Bonchev–Trinajstić information content (AvgIpc) is 3.22. The summed E-state index contributed by atoms with van der Waals surface area (Å²) in [6, 6.07) is 60.6. The zero-order valence-corrected chi connectivity index (χ0v) is 29.2. The molecule has 1 aliphatic carbocycles. The van der Waals surface area contributed by atoms with E-state index < -0.39 is 0 Å². The molecule has 248 valence electrons. The van der Waals surface area contributed by atoms with Gasteiger partial charge in [-0.3, -0.25) is 4.98 Å². The van der Waals surface area contributed by atoms with Gasteiger partial charge in [0.25, 0.3) is 0 Å². The third kappa shape index (κ3) is 5.28. The van der Waals surface area contributed by atoms with Gasteiger partial charge in [0, 0.05) is 11.8 Å². The predicted octanol–water partition coefficient (Wildman–Crippen LogP) is 14.4. The highest BCUT2D eigenvalue weighted by Gasteiger charge is 2.21. The van der Waals surface area contributed by atoms with Crippen molar-refractivity contribution in [1.29, 1.82) is 0 Å². The lowest BCUT2D eigenvalue weighted by molar-refractivity contribution is 0.445. The van der Waals surface area contributed by atoms with E-state index in [1.807, 2.05) is 6.20 Å². The van der Waals surface area contributed by atoms with E-state index in [9.17, 15) is 0 Å². The number of aromatic nitrogens is 1. The van der Waals surface area contributed by atoms with Crippen LogP contribution in [0.25, 0.3) is 87.7 Å². The lowest BCUT2D eigenvalue weighted by Crippen LogP contribution is -2.05. The molecule has 1 saturated carbocycles. The Morgan fingerprint density at radius 2 is 0.981 bits per heavy atom. The van der Waals surface area contributed by atoms with Crippen molar-refractivity contribution < 1.29 is 0 Å². The number of pyridine rings is 1. The minimum Gasteiger partial charge on any atom is -0.256 e. The summed E-state index contributed by atoms with van der Waals surface area (Å²) in [5.41, 5.74) is 11.2. The summed E-state index contributed by atoms with van der Waals surface area (Å²) in [7, 11) is 0. The molecular weight excluding hydrogens is 627 g/mol. The molecule has 0 atom stereocenters. The maximum absolute atomic E-state index is 4.76. The first-order valence-electron chi connectivity index (χ1n) is 18.8. The van der Waals surface area contributed by atoms with Gasteiger partial charge in [0.1, 0.15) is 0 Å². The van der Waals surface area contributed by atoms with Gasteiger partial charge in [-0.2, -0.15) is 0 Å². The van der Waals surface area contributed by atoms with E-state index in [-0.39, 0.29) is 0 Å². The van der Waals surface area contributed by atoms with Crippen LogP contribution in [0.4, 0.5) is 0 Å². The Kier molecular flexibility index (Phi) is 7.64. The molecule has 0 radical (unpaired) electrons. The number of benzene rings is 8. The molecule has 0 spiro atoms. The highest BCUT2D eigenvalue weighted by atomic mass is 14.7. The van der Waals surface area contributed by atoms with Crippen LogP contribution in [0.3, 0.4) is 0 Å². The van der Waals surface area contributed by atoms with Crippen LogP contribution in [0.1, 0.15) is 43.6 Å². The van der Waals surface area contributed by atoms with Crippen LogP contribution in [0.2, 0.25) is 0 Å². The summed E-state index contributed by atoms with van der Waals surface area (Å²) in [6.45, 7) is 0. The lowest BCUT2D eigenvalue weighted by Gasteiger charge is -2.24. The second kappa shape index (κ2) is 12.9. The molecule has 1 heteroatoms. The second-order valence-corrected chi connectivity index (χ2v) is 14.5. The number of hydrogen-bond acceptors (Lipinski definition) is 1. The first-order chi connectivity index (χ1) is 25.8. The normalized spacial score (nSPS) is 13.7. The van der Waals surface area contributed by atoms with Crippen LogP contribution in [0.5, 0.6) is 0 Å². The van der Waals surface area contributed by atoms with Crippen LogP contribution in [0, 0.1) is 0 Å². The van der Waals surface area contributed by atoms with Gasteiger partial charge >= 0.3 is 0 Å². The van der Waals surface area contributed by atoms with E-state index in [2.05, 4.69) is 164 Å². The Labute approximate surface area is 305 Å². The molecule has 9 aromatic rings. The van der Waals surface area contributed by atoms with Crippen molar-refractivity contribution in [2.24, 2.45) is 0 Å². The zero-order valence-electron chi connectivity index (χ0n) is 29.2. The summed E-state index contributed by atoms with van der Waals surface area (Å²) in [5.74, 6) is 0.656. The molecule has 0 unspecified atom stereocenters. The number of fused-ring (bicyclic) bond motifs is 4. The maximum atomic E-state index is 4.76. The van der Waals surface area contributed by atoms with Gasteiger partial charge in [0.15, 0.2) is 0 Å². The van der Waals surface area contributed by atoms with Gasteiger partial charge in [-0.25, -0.2) is 0 Å². The van der Waals surface area contributed by atoms with Gasteiger partial charge in [-0.1, -0.05) is 165 Å². The molecule has 1 aromatic heterocycles. The molecule has 10 rings (SSSR count). The van der Waals surface area contributed by atoms with Crippen molar-refractivity contribution in [3.63, 3.8) is 0 Å². The summed E-state index contributed by atoms with van der Waals surface area (Å²) < 4.78 is 0. The molecule has 0 aliphatic heterocycles. The third-order valence-corrected chi connectivity index (χ3v) is 11.5. The molecular formula is C51H39N. The molecule has 1 fully saturated rings. The summed E-state index contributed by atoms with van der Waals surface area (Å²) in [6.07, 6.45) is 8.58. The van der Waals surface area contributed by atoms with E-state index in [1.165, 1.54) is 114 Å². The minimum absolute atomic E-state index is 0.656. The summed E-state index contributed by atoms with van der Waals surface area (Å²) >= 11 is 0. The van der Waals surface area contributed by atoms with Crippen LogP contribution in [-0.4, -0.2) is 4.98 Å². The SMILES string of the molecule is c1ccc2cc(-c3cc(-c4ccc(-c5c6ccccc6c(-c6cccc7c(C8CCCCC8)cccc67)c6ccccc56)cc4)ccn3)ccc2c1. The third-order valence-electron chi connectivity index (χ3n) is 11.5. The van der Waals surface area contributed by atoms with Gasteiger partial charge < -0.3 is 0 Å². The van der Waals surface area contributed by atoms with Gasteiger partial charge in [0.05, 0.1) is 5.69 Å². The Balaban J connectivity index is 1.09. The first-order valence-corrected chi connectivity index (χ1v) is 18.8. The van der Waals surface area contributed by atoms with Crippen LogP contribution < -0.4 is 0 Å². The fraction of sp³-hybridized carbons (Fsp3) is 0.118. The van der Waals surface area contributed by atoms with Crippen molar-refractivity contribution in [2.75, 3.05) is 0 Å². The molecule has 1 aliphatic rings. The van der Waals surface area contributed by atoms with Crippen molar-refractivity contribution in [1.82, 2.24) is 4.98 Å². The van der Waals surface area contributed by atoms with Crippen molar-refractivity contribution in [2.45, 2.75) is 38.0 Å². The van der Waals surface area contributed by atoms with Gasteiger partial charge in [-0.05, 0) is 119 Å². The molecule has 1 nitrogen and oxygen atoms in total. The minimum atomic E-state index is 0.656. The Morgan fingerprint density at radius 3 is 1.73 bits per heavy atom. The van der Waals surface area contributed by atoms with Crippen molar-refractivity contribution in [3.8, 4) is 44.6 Å². The first kappa shape index (κ1) is 30.7. The van der Waals surface area contributed by atoms with E-state index in [4.69, 9.17) is 4.98 Å². The van der Waals surface area contributed by atoms with Crippen molar-refractivity contribution >= 4 is 43.1 Å². The largest absolute Gasteiger partial charge is 0.256 e. The van der Waals surface area contributed by atoms with E-state index in [1.54, 1.807) is 0 Å². The average molecular weight is 666 g/mol. The molecule has 52 heavy (non-hydrogen) atoms. The van der Waals surface area contributed by atoms with E-state index >= 15 is 0 Å². The Bertz CT molecular complexity index is 2710. The van der Waals surface area contributed by atoms with E-state index in [0.717, 1.165) is 11.3 Å². The van der Waals surface area contributed by atoms with Crippen molar-refractivity contribution in [3.05, 3.63) is 176 Å². The second-order valence-electron chi connectivity index (χ2n) is 14.5. The smallest absolute Gasteiger partial charge is 0.0708 e. The maximum Gasteiger partial charge on any atom is 0.0708 e. The predicted molar refractivity (Wildman–Crippen MR) is 222 cm³/mol. The van der Waals surface area contributed by atoms with Gasteiger partial charge in [-0.15, -0.1) is 0 Å². The molecule has 0 bridgehead atoms. The molecule has 0 N–H and O–H groups in total. The standard InChI is InChI=1S/C51H39N/c1-2-13-36(14-3-1)41-20-10-22-43-42(41)21-11-23-44(43)51-47-18-8-6-16-45(47)50(46-17-7-9-19-48(46)51)37-27-24-35(25-28-37)39-30-31-52-49(33-39)40-29-26-34-12-4-5-15-38(34)32-40/h4-12,15-33,36H,1-3,13-14H2. The molecule has 8 aromatic carbocycles. The molecule has 1 heterocycles. The number of hydrogen-bond donors (Lipinski definition) is 0. The van der Waals surface area contributed by atoms with Crippen LogP contribution in [0.15, 0.2) is 170 Å². The fourth-order valence-electron chi connectivity index (χ4n) is 9.00. The highest BCUT2D eigenvalue weighted by molar-refractivity contribution is 6.23. The topological polar surface area (TPSA) is 12.9 Å². The summed E-state index contributed by atoms with van der Waals surface area (Å²) in [5, 5.41) is 10.4. The zero-order chi connectivity index (χ0) is 34.4. The fourth-order valence-corrected chi connectivity index (χ4v) is 9.00. The van der Waals surface area contributed by atoms with Gasteiger partial charge in [0.2, 0.25) is 0 Å².